The first-order chi connectivity index (χ1) is 8.11. The van der Waals surface area contributed by atoms with Gasteiger partial charge in [-0.2, -0.15) is 0 Å². The summed E-state index contributed by atoms with van der Waals surface area (Å²) >= 11 is 0. The summed E-state index contributed by atoms with van der Waals surface area (Å²) in [6.45, 7) is 8.74. The molecule has 2 heteroatoms. The van der Waals surface area contributed by atoms with Crippen molar-refractivity contribution in [2.45, 2.75) is 61.9 Å². The molecule has 1 aromatic carbocycles. The smallest absolute Gasteiger partial charge is 0.0274 e. The van der Waals surface area contributed by atoms with Crippen molar-refractivity contribution in [3.63, 3.8) is 0 Å². The largest absolute Gasteiger partial charge is 0.352 e. The average Bonchev–Trinajstić information content (AvgIpc) is 2.84. The van der Waals surface area contributed by atoms with Gasteiger partial charge >= 0.3 is 0 Å². The van der Waals surface area contributed by atoms with E-state index in [2.05, 4.69) is 68.9 Å². The quantitative estimate of drug-likeness (QED) is 0.552. The van der Waals surface area contributed by atoms with Gasteiger partial charge in [-0.1, -0.05) is 66.5 Å². The zero-order chi connectivity index (χ0) is 12.7. The van der Waals surface area contributed by atoms with E-state index in [0.29, 0.717) is 12.0 Å². The van der Waals surface area contributed by atoms with E-state index in [1.165, 1.54) is 5.56 Å². The predicted octanol–water partition coefficient (Wildman–Crippen LogP) is 6.78. The minimum absolute atomic E-state index is 0. The third-order valence-corrected chi connectivity index (χ3v) is 2.69. The number of benzene rings is 1. The Balaban J connectivity index is -0.000000116. The van der Waals surface area contributed by atoms with Gasteiger partial charge in [-0.25, -0.2) is 0 Å². The normalized spacial score (nSPS) is 8.29. The van der Waals surface area contributed by atoms with E-state index >= 15 is 0 Å². The molecule has 2 aromatic rings. The Bertz CT molecular complexity index is 391. The summed E-state index contributed by atoms with van der Waals surface area (Å²) in [5.41, 5.74) is 1.41. The SMILES string of the molecule is C.C.C.CC(C)c1ccccc1.CC(C)n1cccc1.[Y]. The Morgan fingerprint density at radius 3 is 1.38 bits per heavy atom. The minimum atomic E-state index is 0. The molecule has 0 saturated carbocycles. The Kier molecular flexibility index (Phi) is 21.9. The van der Waals surface area contributed by atoms with Gasteiger partial charge in [0.05, 0.1) is 0 Å². The monoisotopic (exact) mass is 366 g/mol. The van der Waals surface area contributed by atoms with Gasteiger partial charge in [0.25, 0.3) is 0 Å². The molecule has 1 heterocycles. The van der Waals surface area contributed by atoms with Gasteiger partial charge in [0.1, 0.15) is 0 Å². The van der Waals surface area contributed by atoms with Gasteiger partial charge in [0.2, 0.25) is 0 Å². The number of hydrogen-bond donors (Lipinski definition) is 0. The summed E-state index contributed by atoms with van der Waals surface area (Å²) in [4.78, 5) is 0. The summed E-state index contributed by atoms with van der Waals surface area (Å²) in [6.07, 6.45) is 4.15. The van der Waals surface area contributed by atoms with Gasteiger partial charge < -0.3 is 4.57 Å². The number of aromatic nitrogens is 1. The summed E-state index contributed by atoms with van der Waals surface area (Å²) in [7, 11) is 0. The van der Waals surface area contributed by atoms with Crippen molar-refractivity contribution >= 4 is 0 Å². The average molecular weight is 366 g/mol. The maximum absolute atomic E-state index is 2.20. The molecule has 0 amide bonds. The van der Waals surface area contributed by atoms with E-state index < -0.39 is 0 Å². The van der Waals surface area contributed by atoms with Crippen LogP contribution in [0.4, 0.5) is 0 Å². The van der Waals surface area contributed by atoms with Gasteiger partial charge in [-0.3, -0.25) is 0 Å². The van der Waals surface area contributed by atoms with Crippen LogP contribution >= 0.6 is 0 Å². The summed E-state index contributed by atoms with van der Waals surface area (Å²) < 4.78 is 2.17. The van der Waals surface area contributed by atoms with E-state index in [9.17, 15) is 0 Å². The minimum Gasteiger partial charge on any atom is -0.352 e. The Hall–Kier alpha value is -0.396. The molecule has 0 fully saturated rings. The first-order valence-electron chi connectivity index (χ1n) is 6.28. The molecule has 0 bridgehead atoms. The second-order valence-electron chi connectivity index (χ2n) is 4.79. The summed E-state index contributed by atoms with van der Waals surface area (Å²) in [5, 5.41) is 0. The first-order valence-corrected chi connectivity index (χ1v) is 6.28. The first kappa shape index (κ1) is 28.7. The van der Waals surface area contributed by atoms with E-state index in [4.69, 9.17) is 0 Å². The molecule has 0 aliphatic carbocycles. The molecule has 0 atom stereocenters. The van der Waals surface area contributed by atoms with Crippen LogP contribution in [0.3, 0.4) is 0 Å². The maximum Gasteiger partial charge on any atom is 0.0274 e. The Morgan fingerprint density at radius 2 is 1.14 bits per heavy atom. The van der Waals surface area contributed by atoms with Gasteiger partial charge in [-0.05, 0) is 37.5 Å². The molecule has 0 saturated heterocycles. The molecule has 21 heavy (non-hydrogen) atoms. The molecule has 1 nitrogen and oxygen atoms in total. The van der Waals surface area contributed by atoms with Crippen LogP contribution in [0.5, 0.6) is 0 Å². The predicted molar refractivity (Wildman–Crippen MR) is 95.5 cm³/mol. The molecule has 0 unspecified atom stereocenters. The third-order valence-electron chi connectivity index (χ3n) is 2.69. The zero-order valence-corrected chi connectivity index (χ0v) is 14.7. The van der Waals surface area contributed by atoms with E-state index in [0.717, 1.165) is 0 Å². The van der Waals surface area contributed by atoms with Crippen molar-refractivity contribution in [1.29, 1.82) is 0 Å². The van der Waals surface area contributed by atoms with Crippen molar-refractivity contribution in [1.82, 2.24) is 4.57 Å². The molecule has 119 valence electrons. The van der Waals surface area contributed by atoms with Crippen molar-refractivity contribution in [2.24, 2.45) is 0 Å². The Labute approximate surface area is 159 Å². The molecule has 1 radical (unpaired) electrons. The van der Waals surface area contributed by atoms with Crippen LogP contribution < -0.4 is 0 Å². The molecule has 2 rings (SSSR count). The van der Waals surface area contributed by atoms with Crippen LogP contribution in [0, 0.1) is 0 Å². The summed E-state index contributed by atoms with van der Waals surface area (Å²) in [6, 6.07) is 15.2. The van der Waals surface area contributed by atoms with Crippen LogP contribution in [-0.2, 0) is 32.7 Å². The van der Waals surface area contributed by atoms with Crippen molar-refractivity contribution < 1.29 is 32.7 Å². The van der Waals surface area contributed by atoms with Gasteiger partial charge in [0, 0.05) is 51.1 Å². The number of hydrogen-bond acceptors (Lipinski definition) is 0. The van der Waals surface area contributed by atoms with Crippen LogP contribution in [-0.4, -0.2) is 4.57 Å². The van der Waals surface area contributed by atoms with Crippen molar-refractivity contribution in [3.8, 4) is 0 Å². The van der Waals surface area contributed by atoms with Crippen LogP contribution in [0.25, 0.3) is 0 Å². The van der Waals surface area contributed by atoms with Gasteiger partial charge in [-0.15, -0.1) is 0 Å². The zero-order valence-electron chi connectivity index (χ0n) is 11.9. The topological polar surface area (TPSA) is 4.93 Å². The van der Waals surface area contributed by atoms with Crippen LogP contribution in [0.2, 0.25) is 0 Å². The second kappa shape index (κ2) is 16.0. The maximum atomic E-state index is 2.20. The van der Waals surface area contributed by atoms with Crippen molar-refractivity contribution in [2.75, 3.05) is 0 Å². The number of rotatable bonds is 2. The molecule has 0 N–H and O–H groups in total. The molecular weight excluding hydrogens is 331 g/mol. The molecule has 0 spiro atoms. The fourth-order valence-corrected chi connectivity index (χ4v) is 1.53. The summed E-state index contributed by atoms with van der Waals surface area (Å²) in [5.74, 6) is 0.659. The third kappa shape index (κ3) is 11.9. The fraction of sp³-hybridized carbons (Fsp3) is 0.474. The van der Waals surface area contributed by atoms with Crippen LogP contribution in [0.1, 0.15) is 67.5 Å². The molecular formula is C19H35NY. The second-order valence-corrected chi connectivity index (χ2v) is 4.79. The van der Waals surface area contributed by atoms with Crippen LogP contribution in [0.15, 0.2) is 54.9 Å². The van der Waals surface area contributed by atoms with E-state index in [-0.39, 0.29) is 55.0 Å². The van der Waals surface area contributed by atoms with E-state index in [1.54, 1.807) is 0 Å². The Morgan fingerprint density at radius 1 is 0.714 bits per heavy atom. The van der Waals surface area contributed by atoms with E-state index in [1.807, 2.05) is 18.2 Å². The standard InChI is InChI=1S/C9H12.C7H11N.3CH4.Y/c1-8(2)9-6-4-3-5-7-9;1-7(2)8-5-3-4-6-8;;;;/h3-8H,1-2H3;3-7H,1-2H3;3*1H4;. The molecule has 1 aromatic heterocycles. The van der Waals surface area contributed by atoms with Crippen molar-refractivity contribution in [3.05, 3.63) is 60.4 Å². The van der Waals surface area contributed by atoms with Gasteiger partial charge in [0.15, 0.2) is 0 Å². The molecule has 0 aliphatic heterocycles. The fourth-order valence-electron chi connectivity index (χ4n) is 1.53. The number of nitrogens with zero attached hydrogens (tertiary/aromatic N) is 1. The molecule has 0 aliphatic rings.